The van der Waals surface area contributed by atoms with E-state index in [1.807, 2.05) is 12.1 Å². The zero-order chi connectivity index (χ0) is 13.4. The lowest BCUT2D eigenvalue weighted by molar-refractivity contribution is 0.510. The van der Waals surface area contributed by atoms with E-state index in [9.17, 15) is 8.78 Å². The van der Waals surface area contributed by atoms with Crippen LogP contribution in [0, 0.1) is 11.6 Å². The van der Waals surface area contributed by atoms with Crippen LogP contribution in [0.25, 0.3) is 0 Å². The molecule has 98 valence electrons. The topological polar surface area (TPSA) is 38.0 Å². The Bertz CT molecular complexity index is 626. The second-order valence-corrected chi connectivity index (χ2v) is 4.81. The molecule has 4 heteroatoms. The molecule has 2 aromatic rings. The molecule has 0 radical (unpaired) electrons. The van der Waals surface area contributed by atoms with Crippen LogP contribution in [0.1, 0.15) is 17.0 Å². The minimum absolute atomic E-state index is 0.0596. The van der Waals surface area contributed by atoms with Gasteiger partial charge in [-0.05, 0) is 29.7 Å². The Morgan fingerprint density at radius 1 is 1.16 bits per heavy atom. The predicted octanol–water partition coefficient (Wildman–Crippen LogP) is 3.30. The summed E-state index contributed by atoms with van der Waals surface area (Å²) in [6, 6.07) is 10.6. The zero-order valence-electron chi connectivity index (χ0n) is 10.3. The molecule has 0 heterocycles. The molecule has 1 aliphatic carbocycles. The van der Waals surface area contributed by atoms with Gasteiger partial charge in [0.05, 0.1) is 11.4 Å². The van der Waals surface area contributed by atoms with Gasteiger partial charge in [-0.2, -0.15) is 0 Å². The Kier molecular flexibility index (Phi) is 2.85. The van der Waals surface area contributed by atoms with Gasteiger partial charge in [0.1, 0.15) is 0 Å². The van der Waals surface area contributed by atoms with Gasteiger partial charge in [-0.15, -0.1) is 0 Å². The van der Waals surface area contributed by atoms with Crippen molar-refractivity contribution in [2.45, 2.75) is 12.3 Å². The number of hydrogen-bond acceptors (Lipinski definition) is 2. The molecular formula is C15H14F2N2. The molecule has 19 heavy (non-hydrogen) atoms. The first kappa shape index (κ1) is 12.0. The predicted molar refractivity (Wildman–Crippen MR) is 72.1 cm³/mol. The van der Waals surface area contributed by atoms with E-state index < -0.39 is 11.6 Å². The number of fused-ring (bicyclic) bond motifs is 1. The molecule has 3 N–H and O–H groups in total. The Labute approximate surface area is 110 Å². The van der Waals surface area contributed by atoms with E-state index in [1.165, 1.54) is 17.2 Å². The van der Waals surface area contributed by atoms with Crippen LogP contribution in [0.5, 0.6) is 0 Å². The van der Waals surface area contributed by atoms with E-state index >= 15 is 0 Å². The van der Waals surface area contributed by atoms with Crippen molar-refractivity contribution < 1.29 is 8.78 Å². The number of halogens is 2. The molecule has 0 aliphatic heterocycles. The fourth-order valence-corrected chi connectivity index (χ4v) is 2.52. The normalized spacial score (nSPS) is 16.6. The summed E-state index contributed by atoms with van der Waals surface area (Å²) in [5.41, 5.74) is 8.54. The van der Waals surface area contributed by atoms with E-state index in [1.54, 1.807) is 0 Å². The first-order valence-electron chi connectivity index (χ1n) is 6.22. The second-order valence-electron chi connectivity index (χ2n) is 4.81. The molecule has 2 nitrogen and oxygen atoms in total. The van der Waals surface area contributed by atoms with Gasteiger partial charge in [0.2, 0.25) is 0 Å². The van der Waals surface area contributed by atoms with Gasteiger partial charge >= 0.3 is 0 Å². The number of hydrogen-bond donors (Lipinski definition) is 2. The molecule has 0 spiro atoms. The third kappa shape index (κ3) is 2.03. The molecule has 0 amide bonds. The Morgan fingerprint density at radius 2 is 1.95 bits per heavy atom. The molecule has 1 aliphatic rings. The van der Waals surface area contributed by atoms with E-state index in [0.717, 1.165) is 12.5 Å². The first-order valence-corrected chi connectivity index (χ1v) is 6.22. The number of nitrogens with one attached hydrogen (secondary N) is 1. The highest BCUT2D eigenvalue weighted by Crippen LogP contribution is 2.35. The minimum atomic E-state index is -0.910. The van der Waals surface area contributed by atoms with Gasteiger partial charge in [0, 0.05) is 12.5 Å². The molecule has 1 atom stereocenters. The Hall–Kier alpha value is -2.10. The molecule has 0 bridgehead atoms. The van der Waals surface area contributed by atoms with E-state index in [-0.39, 0.29) is 11.4 Å². The third-order valence-electron chi connectivity index (χ3n) is 3.61. The quantitative estimate of drug-likeness (QED) is 0.831. The lowest BCUT2D eigenvalue weighted by Gasteiger charge is -2.30. The molecule has 2 aromatic carbocycles. The number of anilines is 2. The maximum atomic E-state index is 13.6. The number of rotatable bonds is 3. The van der Waals surface area contributed by atoms with Crippen LogP contribution < -0.4 is 11.1 Å². The van der Waals surface area contributed by atoms with E-state index in [4.69, 9.17) is 5.73 Å². The number of benzene rings is 2. The largest absolute Gasteiger partial charge is 0.397 e. The first-order chi connectivity index (χ1) is 9.16. The summed E-state index contributed by atoms with van der Waals surface area (Å²) in [4.78, 5) is 0. The summed E-state index contributed by atoms with van der Waals surface area (Å²) in [6.07, 6.45) is 0.958. The molecule has 1 unspecified atom stereocenters. The smallest absolute Gasteiger partial charge is 0.183 e. The third-order valence-corrected chi connectivity index (χ3v) is 3.61. The van der Waals surface area contributed by atoms with Crippen LogP contribution in [0.3, 0.4) is 0 Å². The van der Waals surface area contributed by atoms with Crippen molar-refractivity contribution >= 4 is 11.4 Å². The Morgan fingerprint density at radius 3 is 2.74 bits per heavy atom. The van der Waals surface area contributed by atoms with Crippen molar-refractivity contribution in [3.05, 3.63) is 59.2 Å². The maximum absolute atomic E-state index is 13.6. The summed E-state index contributed by atoms with van der Waals surface area (Å²) in [6.45, 7) is 0.557. The van der Waals surface area contributed by atoms with Crippen molar-refractivity contribution in [3.63, 3.8) is 0 Å². The highest BCUT2D eigenvalue weighted by Gasteiger charge is 2.25. The average Bonchev–Trinajstić information content (AvgIpc) is 2.39. The molecule has 0 fully saturated rings. The lowest BCUT2D eigenvalue weighted by Crippen LogP contribution is -2.24. The Balaban J connectivity index is 1.74. The minimum Gasteiger partial charge on any atom is -0.397 e. The van der Waals surface area contributed by atoms with Crippen molar-refractivity contribution in [2.24, 2.45) is 0 Å². The summed E-state index contributed by atoms with van der Waals surface area (Å²) in [5, 5.41) is 2.92. The fraction of sp³-hybridized carbons (Fsp3) is 0.200. The van der Waals surface area contributed by atoms with Gasteiger partial charge in [-0.1, -0.05) is 24.3 Å². The van der Waals surface area contributed by atoms with Crippen molar-refractivity contribution in [1.29, 1.82) is 0 Å². The zero-order valence-corrected chi connectivity index (χ0v) is 10.3. The fourth-order valence-electron chi connectivity index (χ4n) is 2.52. The number of nitrogens with two attached hydrogens (primary N) is 1. The van der Waals surface area contributed by atoms with Crippen molar-refractivity contribution in [3.8, 4) is 0 Å². The van der Waals surface area contributed by atoms with Crippen LogP contribution in [0.4, 0.5) is 20.2 Å². The molecule has 0 aromatic heterocycles. The monoisotopic (exact) mass is 260 g/mol. The summed E-state index contributed by atoms with van der Waals surface area (Å²) in [5.74, 6) is -1.46. The van der Waals surface area contributed by atoms with Gasteiger partial charge in [-0.25, -0.2) is 8.78 Å². The maximum Gasteiger partial charge on any atom is 0.183 e. The highest BCUT2D eigenvalue weighted by atomic mass is 19.2. The lowest BCUT2D eigenvalue weighted by atomic mass is 9.77. The van der Waals surface area contributed by atoms with Gasteiger partial charge in [0.25, 0.3) is 0 Å². The molecule has 0 saturated heterocycles. The summed E-state index contributed by atoms with van der Waals surface area (Å²) < 4.78 is 26.8. The van der Waals surface area contributed by atoms with Gasteiger partial charge in [-0.3, -0.25) is 0 Å². The standard InChI is InChI=1S/C15H14F2N2/c16-12-5-6-13(18)15(14(12)17)19-8-10-7-9-3-1-2-4-11(9)10/h1-6,10,19H,7-8,18H2. The number of nitrogen functional groups attached to an aromatic ring is 1. The molecular weight excluding hydrogens is 246 g/mol. The van der Waals surface area contributed by atoms with Crippen LogP contribution in [0.2, 0.25) is 0 Å². The summed E-state index contributed by atoms with van der Waals surface area (Å²) >= 11 is 0. The molecule has 0 saturated carbocycles. The SMILES string of the molecule is Nc1ccc(F)c(F)c1NCC1Cc2ccccc21. The van der Waals surface area contributed by atoms with Crippen LogP contribution in [-0.2, 0) is 6.42 Å². The van der Waals surface area contributed by atoms with Crippen LogP contribution >= 0.6 is 0 Å². The van der Waals surface area contributed by atoms with Crippen LogP contribution in [0.15, 0.2) is 36.4 Å². The second kappa shape index (κ2) is 4.53. The van der Waals surface area contributed by atoms with Crippen LogP contribution in [-0.4, -0.2) is 6.54 Å². The summed E-state index contributed by atoms with van der Waals surface area (Å²) in [7, 11) is 0. The highest BCUT2D eigenvalue weighted by molar-refractivity contribution is 5.67. The van der Waals surface area contributed by atoms with E-state index in [0.29, 0.717) is 12.5 Å². The van der Waals surface area contributed by atoms with Crippen molar-refractivity contribution in [2.75, 3.05) is 17.6 Å². The van der Waals surface area contributed by atoms with Gasteiger partial charge < -0.3 is 11.1 Å². The van der Waals surface area contributed by atoms with Crippen molar-refractivity contribution in [1.82, 2.24) is 0 Å². The average molecular weight is 260 g/mol. The molecule has 3 rings (SSSR count). The van der Waals surface area contributed by atoms with Gasteiger partial charge in [0.15, 0.2) is 11.6 Å². The van der Waals surface area contributed by atoms with E-state index in [2.05, 4.69) is 17.4 Å².